The minimum atomic E-state index is -4.70. The number of aromatic nitrogens is 3. The summed E-state index contributed by atoms with van der Waals surface area (Å²) in [5.41, 5.74) is 0.516. The van der Waals surface area contributed by atoms with Crippen LogP contribution in [-0.4, -0.2) is 65.7 Å². The van der Waals surface area contributed by atoms with Crippen LogP contribution in [0.15, 0.2) is 23.6 Å². The van der Waals surface area contributed by atoms with E-state index in [-0.39, 0.29) is 0 Å². The molecule has 12 heteroatoms. The molecule has 1 aliphatic heterocycles. The zero-order valence-electron chi connectivity index (χ0n) is 12.5. The molecule has 0 bridgehead atoms. The van der Waals surface area contributed by atoms with Crippen LogP contribution in [-0.2, 0) is 13.8 Å². The third-order valence-electron chi connectivity index (χ3n) is 3.68. The van der Waals surface area contributed by atoms with Gasteiger partial charge in [0.2, 0.25) is 0 Å². The number of fused-ring (bicyclic) bond motifs is 1. The molecule has 2 aromatic rings. The summed E-state index contributed by atoms with van der Waals surface area (Å²) in [6.07, 6.45) is 0.186. The second-order valence-electron chi connectivity index (χ2n) is 5.18. The highest BCUT2D eigenvalue weighted by atomic mass is 32.2. The lowest BCUT2D eigenvalue weighted by Gasteiger charge is -2.17. The molecule has 3 heterocycles. The zero-order valence-corrected chi connectivity index (χ0v) is 14.2. The fourth-order valence-electron chi connectivity index (χ4n) is 2.58. The summed E-state index contributed by atoms with van der Waals surface area (Å²) in [5.74, 6) is 0. The summed E-state index contributed by atoms with van der Waals surface area (Å²) >= 11 is 1.44. The molecule has 132 valence electrons. The smallest absolute Gasteiger partial charge is 0.387 e. The van der Waals surface area contributed by atoms with Crippen molar-refractivity contribution >= 4 is 30.6 Å². The van der Waals surface area contributed by atoms with E-state index in [9.17, 15) is 14.8 Å². The molecule has 24 heavy (non-hydrogen) atoms. The number of phosphoric ester groups is 1. The topological polar surface area (TPSA) is 147 Å². The Kier molecular flexibility index (Phi) is 4.96. The van der Waals surface area contributed by atoms with E-state index in [1.54, 1.807) is 16.8 Å². The summed E-state index contributed by atoms with van der Waals surface area (Å²) in [6, 6.07) is 1.77. The lowest BCUT2D eigenvalue weighted by molar-refractivity contribution is -0.0501. The Balaban J connectivity index is 1.86. The normalized spacial score (nSPS) is 27.9. The predicted molar refractivity (Wildman–Crippen MR) is 83.2 cm³/mol. The average molecular weight is 377 g/mol. The molecular formula is C12H16N3O7PS. The first kappa shape index (κ1) is 17.8. The molecule has 0 aliphatic carbocycles. The Morgan fingerprint density at radius 3 is 2.79 bits per heavy atom. The van der Waals surface area contributed by atoms with Gasteiger partial charge in [-0.15, -0.1) is 11.8 Å². The Hall–Kier alpha value is -1.04. The second-order valence-corrected chi connectivity index (χ2v) is 7.21. The van der Waals surface area contributed by atoms with Crippen LogP contribution < -0.4 is 0 Å². The van der Waals surface area contributed by atoms with E-state index in [4.69, 9.17) is 14.5 Å². The summed E-state index contributed by atoms with van der Waals surface area (Å²) < 4.78 is 22.2. The second kappa shape index (κ2) is 6.70. The number of nitrogens with zero attached hydrogens (tertiary/aromatic N) is 3. The van der Waals surface area contributed by atoms with Gasteiger partial charge in [0, 0.05) is 6.20 Å². The van der Waals surface area contributed by atoms with Crippen molar-refractivity contribution in [2.75, 3.05) is 12.9 Å². The van der Waals surface area contributed by atoms with Crippen molar-refractivity contribution in [2.24, 2.45) is 0 Å². The molecule has 0 aromatic carbocycles. The van der Waals surface area contributed by atoms with Crippen LogP contribution in [0.5, 0.6) is 0 Å². The van der Waals surface area contributed by atoms with Crippen molar-refractivity contribution in [3.8, 4) is 0 Å². The number of hydrogen-bond donors (Lipinski definition) is 4. The lowest BCUT2D eigenvalue weighted by atomic mass is 10.1. The van der Waals surface area contributed by atoms with E-state index in [0.717, 1.165) is 10.4 Å². The molecule has 1 fully saturated rings. The van der Waals surface area contributed by atoms with E-state index in [1.165, 1.54) is 18.1 Å². The van der Waals surface area contributed by atoms with Crippen molar-refractivity contribution in [3.05, 3.63) is 18.6 Å². The molecule has 1 saturated heterocycles. The molecule has 1 aliphatic rings. The monoisotopic (exact) mass is 377 g/mol. The van der Waals surface area contributed by atoms with Crippen LogP contribution in [0.4, 0.5) is 0 Å². The SMILES string of the molecule is CSc1ncnc2c1ccn2[C@H]1O[C@@H](COP(=O)(O)O)[C@@H](O)[C@H]1O. The van der Waals surface area contributed by atoms with Crippen LogP contribution in [0.1, 0.15) is 6.23 Å². The van der Waals surface area contributed by atoms with E-state index in [0.29, 0.717) is 5.65 Å². The number of rotatable bonds is 5. The summed E-state index contributed by atoms with van der Waals surface area (Å²) in [4.78, 5) is 25.8. The predicted octanol–water partition coefficient (Wildman–Crippen LogP) is -0.118. The fraction of sp³-hybridized carbons (Fsp3) is 0.500. The van der Waals surface area contributed by atoms with Crippen LogP contribution in [0.2, 0.25) is 0 Å². The van der Waals surface area contributed by atoms with Crippen molar-refractivity contribution in [1.82, 2.24) is 14.5 Å². The first-order valence-corrected chi connectivity index (χ1v) is 9.64. The molecule has 4 N–H and O–H groups in total. The third kappa shape index (κ3) is 3.35. The molecule has 0 saturated carbocycles. The fourth-order valence-corrected chi connectivity index (χ4v) is 3.46. The van der Waals surface area contributed by atoms with E-state index in [1.807, 2.05) is 6.26 Å². The molecule has 10 nitrogen and oxygen atoms in total. The maximum Gasteiger partial charge on any atom is 0.469 e. The third-order valence-corrected chi connectivity index (χ3v) is 4.88. The number of phosphoric acid groups is 1. The quantitative estimate of drug-likeness (QED) is 0.316. The standard InChI is InChI=1S/C12H16N3O7PS/c1-24-11-6-2-3-15(10(6)13-5-14-11)12-9(17)8(16)7(22-12)4-21-23(18,19)20/h2-3,5,7-9,12,16-17H,4H2,1H3,(H2,18,19,20)/t7-,8+,9+,12-/m0/s1. The van der Waals surface area contributed by atoms with Gasteiger partial charge in [0.05, 0.1) is 12.0 Å². The molecule has 0 spiro atoms. The molecule has 0 amide bonds. The van der Waals surface area contributed by atoms with E-state index < -0.39 is 39.0 Å². The number of aliphatic hydroxyl groups is 2. The highest BCUT2D eigenvalue weighted by Crippen LogP contribution is 2.39. The van der Waals surface area contributed by atoms with Crippen LogP contribution in [0.25, 0.3) is 11.0 Å². The summed E-state index contributed by atoms with van der Waals surface area (Å²) in [6.45, 7) is -0.552. The van der Waals surface area contributed by atoms with E-state index in [2.05, 4.69) is 14.5 Å². The minimum absolute atomic E-state index is 0.516. The number of thioether (sulfide) groups is 1. The molecule has 3 rings (SSSR count). The number of ether oxygens (including phenoxy) is 1. The molecule has 4 atom stereocenters. The molecule has 2 aromatic heterocycles. The van der Waals surface area contributed by atoms with Gasteiger partial charge in [-0.05, 0) is 12.3 Å². The van der Waals surface area contributed by atoms with Gasteiger partial charge >= 0.3 is 7.82 Å². The first-order chi connectivity index (χ1) is 11.3. The van der Waals surface area contributed by atoms with E-state index >= 15 is 0 Å². The Bertz CT molecular complexity index is 781. The van der Waals surface area contributed by atoms with Crippen LogP contribution in [0, 0.1) is 0 Å². The van der Waals surface area contributed by atoms with Crippen molar-refractivity contribution < 1.29 is 33.8 Å². The maximum atomic E-state index is 10.8. The zero-order chi connectivity index (χ0) is 17.5. The number of aliphatic hydroxyl groups excluding tert-OH is 2. The van der Waals surface area contributed by atoms with Gasteiger partial charge in [0.1, 0.15) is 35.3 Å². The largest absolute Gasteiger partial charge is 0.469 e. The lowest BCUT2D eigenvalue weighted by Crippen LogP contribution is -2.33. The maximum absolute atomic E-state index is 10.8. The van der Waals surface area contributed by atoms with Gasteiger partial charge in [0.15, 0.2) is 6.23 Å². The Morgan fingerprint density at radius 2 is 2.12 bits per heavy atom. The van der Waals surface area contributed by atoms with Crippen molar-refractivity contribution in [2.45, 2.75) is 29.6 Å². The van der Waals surface area contributed by atoms with Gasteiger partial charge < -0.3 is 29.3 Å². The minimum Gasteiger partial charge on any atom is -0.387 e. The summed E-state index contributed by atoms with van der Waals surface area (Å²) in [7, 11) is -4.70. The van der Waals surface area contributed by atoms with Gasteiger partial charge in [0.25, 0.3) is 0 Å². The molecule has 0 unspecified atom stereocenters. The highest BCUT2D eigenvalue weighted by Gasteiger charge is 2.44. The highest BCUT2D eigenvalue weighted by molar-refractivity contribution is 7.98. The van der Waals surface area contributed by atoms with Crippen molar-refractivity contribution in [3.63, 3.8) is 0 Å². The van der Waals surface area contributed by atoms with Gasteiger partial charge in [-0.3, -0.25) is 4.52 Å². The van der Waals surface area contributed by atoms with Crippen molar-refractivity contribution in [1.29, 1.82) is 0 Å². The Labute approximate surface area is 140 Å². The van der Waals surface area contributed by atoms with Crippen LogP contribution in [0.3, 0.4) is 0 Å². The first-order valence-electron chi connectivity index (χ1n) is 6.89. The molecule has 0 radical (unpaired) electrons. The van der Waals surface area contributed by atoms with Gasteiger partial charge in [-0.25, -0.2) is 14.5 Å². The molecular weight excluding hydrogens is 361 g/mol. The summed E-state index contributed by atoms with van der Waals surface area (Å²) in [5, 5.41) is 21.8. The van der Waals surface area contributed by atoms with Gasteiger partial charge in [-0.2, -0.15) is 0 Å². The van der Waals surface area contributed by atoms with Gasteiger partial charge in [-0.1, -0.05) is 0 Å². The Morgan fingerprint density at radius 1 is 1.38 bits per heavy atom. The number of hydrogen-bond acceptors (Lipinski definition) is 8. The van der Waals surface area contributed by atoms with Crippen LogP contribution >= 0.6 is 19.6 Å². The average Bonchev–Trinajstić information content (AvgIpc) is 3.07.